The van der Waals surface area contributed by atoms with Crippen LogP contribution in [0.25, 0.3) is 0 Å². The summed E-state index contributed by atoms with van der Waals surface area (Å²) in [4.78, 5) is 11.9. The lowest BCUT2D eigenvalue weighted by atomic mass is 10.0. The Morgan fingerprint density at radius 3 is 2.89 bits per heavy atom. The lowest BCUT2D eigenvalue weighted by Gasteiger charge is -2.20. The first-order valence-electron chi connectivity index (χ1n) is 7.28. The number of nitrogens with two attached hydrogens (primary N) is 1. The monoisotopic (exact) mass is 272 g/mol. The predicted octanol–water partition coefficient (Wildman–Crippen LogP) is 2.54. The van der Waals surface area contributed by atoms with Crippen LogP contribution < -0.4 is 11.1 Å². The molecule has 0 aromatic heterocycles. The minimum absolute atomic E-state index is 0.229. The van der Waals surface area contributed by atoms with Crippen LogP contribution in [-0.2, 0) is 4.79 Å². The van der Waals surface area contributed by atoms with E-state index in [0.717, 1.165) is 31.6 Å². The number of hydrogen-bond acceptors (Lipinski definition) is 3. The molecule has 1 saturated carbocycles. The van der Waals surface area contributed by atoms with Crippen LogP contribution in [0.15, 0.2) is 0 Å². The van der Waals surface area contributed by atoms with Crippen LogP contribution in [0.2, 0.25) is 0 Å². The molecule has 1 aliphatic rings. The third kappa shape index (κ3) is 5.61. The van der Waals surface area contributed by atoms with Crippen LogP contribution in [0.5, 0.6) is 0 Å². The molecule has 0 bridgehead atoms. The minimum atomic E-state index is 0.229. The lowest BCUT2D eigenvalue weighted by Crippen LogP contribution is -2.38. The molecule has 0 aliphatic heterocycles. The molecule has 3 N–H and O–H groups in total. The van der Waals surface area contributed by atoms with Gasteiger partial charge in [0.2, 0.25) is 5.91 Å². The van der Waals surface area contributed by atoms with Gasteiger partial charge >= 0.3 is 0 Å². The number of rotatable bonds is 8. The second-order valence-electron chi connectivity index (χ2n) is 5.32. The Hall–Kier alpha value is -0.220. The summed E-state index contributed by atoms with van der Waals surface area (Å²) < 4.78 is 0. The van der Waals surface area contributed by atoms with Crippen LogP contribution in [0, 0.1) is 5.92 Å². The highest BCUT2D eigenvalue weighted by molar-refractivity contribution is 7.99. The molecular formula is C14H28N2OS. The van der Waals surface area contributed by atoms with Crippen LogP contribution in [0.1, 0.15) is 52.4 Å². The van der Waals surface area contributed by atoms with Crippen molar-refractivity contribution < 1.29 is 4.79 Å². The van der Waals surface area contributed by atoms with Gasteiger partial charge in [-0.1, -0.05) is 20.3 Å². The fourth-order valence-corrected chi connectivity index (χ4v) is 3.79. The second-order valence-corrected chi connectivity index (χ2v) is 6.84. The van der Waals surface area contributed by atoms with Crippen LogP contribution >= 0.6 is 11.8 Å². The van der Waals surface area contributed by atoms with Crippen molar-refractivity contribution in [1.82, 2.24) is 5.32 Å². The highest BCUT2D eigenvalue weighted by atomic mass is 32.2. The van der Waals surface area contributed by atoms with E-state index in [0.29, 0.717) is 23.6 Å². The topological polar surface area (TPSA) is 55.1 Å². The molecule has 1 fully saturated rings. The van der Waals surface area contributed by atoms with Crippen molar-refractivity contribution in [1.29, 1.82) is 0 Å². The highest BCUT2D eigenvalue weighted by Crippen LogP contribution is 2.29. The highest BCUT2D eigenvalue weighted by Gasteiger charge is 2.28. The van der Waals surface area contributed by atoms with Crippen molar-refractivity contribution in [3.63, 3.8) is 0 Å². The molecule has 3 unspecified atom stereocenters. The molecular weight excluding hydrogens is 244 g/mol. The molecule has 18 heavy (non-hydrogen) atoms. The van der Waals surface area contributed by atoms with E-state index in [1.165, 1.54) is 12.8 Å². The number of amides is 1. The molecule has 0 spiro atoms. The molecule has 4 heteroatoms. The smallest absolute Gasteiger partial charge is 0.220 e. The maximum absolute atomic E-state index is 11.9. The zero-order chi connectivity index (χ0) is 13.4. The summed E-state index contributed by atoms with van der Waals surface area (Å²) >= 11 is 1.99. The van der Waals surface area contributed by atoms with Gasteiger partial charge in [0, 0.05) is 17.7 Å². The molecule has 0 radical (unpaired) electrons. The van der Waals surface area contributed by atoms with Crippen molar-refractivity contribution in [2.45, 2.75) is 63.7 Å². The summed E-state index contributed by atoms with van der Waals surface area (Å²) in [6.07, 6.45) is 6.30. The van der Waals surface area contributed by atoms with Gasteiger partial charge in [-0.15, -0.1) is 0 Å². The van der Waals surface area contributed by atoms with Gasteiger partial charge in [-0.3, -0.25) is 4.79 Å². The standard InChI is InChI=1S/C14H28N2OS/c1-3-18-13-6-4-5-12(13)16-14(17)8-7-11(2)9-10-15/h11-13H,3-10,15H2,1-2H3,(H,16,17). The van der Waals surface area contributed by atoms with Crippen molar-refractivity contribution >= 4 is 17.7 Å². The number of thioether (sulfide) groups is 1. The Morgan fingerprint density at radius 1 is 1.44 bits per heavy atom. The van der Waals surface area contributed by atoms with E-state index in [9.17, 15) is 4.79 Å². The van der Waals surface area contributed by atoms with Gasteiger partial charge < -0.3 is 11.1 Å². The average Bonchev–Trinajstić information content (AvgIpc) is 2.75. The Bertz CT molecular complexity index is 248. The van der Waals surface area contributed by atoms with Crippen molar-refractivity contribution in [2.24, 2.45) is 11.7 Å². The van der Waals surface area contributed by atoms with Gasteiger partial charge in [0.05, 0.1) is 0 Å². The summed E-state index contributed by atoms with van der Waals surface area (Å²) in [5, 5.41) is 3.86. The normalized spacial score (nSPS) is 25.1. The van der Waals surface area contributed by atoms with Crippen molar-refractivity contribution in [2.75, 3.05) is 12.3 Å². The van der Waals surface area contributed by atoms with Crippen LogP contribution in [0.4, 0.5) is 0 Å². The Morgan fingerprint density at radius 2 is 2.22 bits per heavy atom. The van der Waals surface area contributed by atoms with E-state index >= 15 is 0 Å². The van der Waals surface area contributed by atoms with Gasteiger partial charge in [0.15, 0.2) is 0 Å². The molecule has 1 amide bonds. The fourth-order valence-electron chi connectivity index (χ4n) is 2.59. The summed E-state index contributed by atoms with van der Waals surface area (Å²) in [6.45, 7) is 5.09. The van der Waals surface area contributed by atoms with E-state index < -0.39 is 0 Å². The number of nitrogens with one attached hydrogen (secondary N) is 1. The summed E-state index contributed by atoms with van der Waals surface area (Å²) in [6, 6.07) is 0.410. The third-order valence-electron chi connectivity index (χ3n) is 3.70. The zero-order valence-corrected chi connectivity index (χ0v) is 12.6. The minimum Gasteiger partial charge on any atom is -0.352 e. The Balaban J connectivity index is 2.22. The first-order valence-corrected chi connectivity index (χ1v) is 8.33. The van der Waals surface area contributed by atoms with E-state index in [1.807, 2.05) is 11.8 Å². The molecule has 0 saturated heterocycles. The average molecular weight is 272 g/mol. The number of carbonyl (C=O) groups excluding carboxylic acids is 1. The van der Waals surface area contributed by atoms with Crippen molar-refractivity contribution in [3.8, 4) is 0 Å². The lowest BCUT2D eigenvalue weighted by molar-refractivity contribution is -0.122. The molecule has 3 nitrogen and oxygen atoms in total. The van der Waals surface area contributed by atoms with Crippen molar-refractivity contribution in [3.05, 3.63) is 0 Å². The quantitative estimate of drug-likeness (QED) is 0.714. The maximum atomic E-state index is 11.9. The zero-order valence-electron chi connectivity index (χ0n) is 11.8. The Labute approximate surface area is 116 Å². The second kappa shape index (κ2) is 8.81. The molecule has 1 rings (SSSR count). The van der Waals surface area contributed by atoms with Gasteiger partial charge in [0.25, 0.3) is 0 Å². The third-order valence-corrected chi connectivity index (χ3v) is 5.03. The SMILES string of the molecule is CCSC1CCCC1NC(=O)CCC(C)CCN. The molecule has 3 atom stereocenters. The molecule has 0 aromatic rings. The first-order chi connectivity index (χ1) is 8.67. The van der Waals surface area contributed by atoms with E-state index in [2.05, 4.69) is 19.2 Å². The van der Waals surface area contributed by atoms with Crippen LogP contribution in [-0.4, -0.2) is 29.5 Å². The first kappa shape index (κ1) is 15.8. The summed E-state index contributed by atoms with van der Waals surface area (Å²) in [7, 11) is 0. The summed E-state index contributed by atoms with van der Waals surface area (Å²) in [5.41, 5.74) is 5.52. The Kier molecular flexibility index (Phi) is 7.75. The fraction of sp³-hybridized carbons (Fsp3) is 0.929. The van der Waals surface area contributed by atoms with Gasteiger partial charge in [-0.2, -0.15) is 11.8 Å². The van der Waals surface area contributed by atoms with Gasteiger partial charge in [-0.25, -0.2) is 0 Å². The molecule has 1 aliphatic carbocycles. The van der Waals surface area contributed by atoms with E-state index in [-0.39, 0.29) is 5.91 Å². The molecule has 0 aromatic carbocycles. The van der Waals surface area contributed by atoms with Gasteiger partial charge in [0.1, 0.15) is 0 Å². The maximum Gasteiger partial charge on any atom is 0.220 e. The predicted molar refractivity (Wildman–Crippen MR) is 79.8 cm³/mol. The van der Waals surface area contributed by atoms with Crippen LogP contribution in [0.3, 0.4) is 0 Å². The van der Waals surface area contributed by atoms with Gasteiger partial charge in [-0.05, 0) is 43.9 Å². The number of hydrogen-bond donors (Lipinski definition) is 2. The molecule has 0 heterocycles. The van der Waals surface area contributed by atoms with E-state index in [1.54, 1.807) is 0 Å². The molecule has 106 valence electrons. The van der Waals surface area contributed by atoms with E-state index in [4.69, 9.17) is 5.73 Å². The number of carbonyl (C=O) groups is 1. The largest absolute Gasteiger partial charge is 0.352 e. The summed E-state index contributed by atoms with van der Waals surface area (Å²) in [5.74, 6) is 1.93.